The van der Waals surface area contributed by atoms with Crippen molar-refractivity contribution in [3.05, 3.63) is 51.8 Å². The van der Waals surface area contributed by atoms with Gasteiger partial charge in [-0.15, -0.1) is 0 Å². The molecule has 0 spiro atoms. The number of H-pyrrole nitrogens is 1. The Morgan fingerprint density at radius 2 is 2.38 bits per heavy atom. The first-order valence-electron chi connectivity index (χ1n) is 5.05. The first-order chi connectivity index (χ1) is 7.53. The Labute approximate surface area is 93.0 Å². The fourth-order valence-corrected chi connectivity index (χ4v) is 2.07. The predicted octanol–water partition coefficient (Wildman–Crippen LogP) is 2.18. The Balaban J connectivity index is 2.34. The van der Waals surface area contributed by atoms with Crippen LogP contribution in [0.15, 0.2) is 35.9 Å². The van der Waals surface area contributed by atoms with Crippen molar-refractivity contribution in [1.82, 2.24) is 9.97 Å². The van der Waals surface area contributed by atoms with E-state index < -0.39 is 0 Å². The standard InChI is InChI=1S/C11H13N3O2/c1-8-5-11(2,10-6-12-7-13-10)4-3-9(8)14(15)16/h3-4,6-7H,5H2,1-2H3,(H,12,13). The van der Waals surface area contributed by atoms with Gasteiger partial charge in [-0.25, -0.2) is 4.98 Å². The molecule has 16 heavy (non-hydrogen) atoms. The molecule has 1 heterocycles. The SMILES string of the molecule is CC1=C([N+](=O)[O-])C=CC(C)(c2c[nH]cn2)C1. The van der Waals surface area contributed by atoms with Gasteiger partial charge in [0.25, 0.3) is 5.70 Å². The molecule has 1 aliphatic rings. The van der Waals surface area contributed by atoms with Gasteiger partial charge in [0.05, 0.1) is 16.9 Å². The van der Waals surface area contributed by atoms with Crippen molar-refractivity contribution in [3.8, 4) is 0 Å². The highest BCUT2D eigenvalue weighted by Crippen LogP contribution is 2.35. The van der Waals surface area contributed by atoms with E-state index in [2.05, 4.69) is 9.97 Å². The lowest BCUT2D eigenvalue weighted by Gasteiger charge is -2.26. The summed E-state index contributed by atoms with van der Waals surface area (Å²) < 4.78 is 0. The van der Waals surface area contributed by atoms with E-state index in [4.69, 9.17) is 0 Å². The minimum atomic E-state index is -0.337. The first-order valence-corrected chi connectivity index (χ1v) is 5.05. The van der Waals surface area contributed by atoms with Crippen LogP contribution in [0.3, 0.4) is 0 Å². The first kappa shape index (κ1) is 10.6. The molecule has 84 valence electrons. The molecule has 0 amide bonds. The van der Waals surface area contributed by atoms with E-state index in [0.29, 0.717) is 6.42 Å². The number of nitrogens with one attached hydrogen (secondary N) is 1. The molecule has 1 aromatic heterocycles. The zero-order valence-electron chi connectivity index (χ0n) is 9.23. The topological polar surface area (TPSA) is 71.8 Å². The normalized spacial score (nSPS) is 24.9. The zero-order valence-corrected chi connectivity index (χ0v) is 9.23. The van der Waals surface area contributed by atoms with Crippen molar-refractivity contribution < 1.29 is 4.92 Å². The average Bonchev–Trinajstić information content (AvgIpc) is 2.69. The van der Waals surface area contributed by atoms with Gasteiger partial charge in [-0.2, -0.15) is 0 Å². The fraction of sp³-hybridized carbons (Fsp3) is 0.364. The Morgan fingerprint density at radius 1 is 1.62 bits per heavy atom. The van der Waals surface area contributed by atoms with Crippen LogP contribution in [0.4, 0.5) is 0 Å². The molecule has 5 nitrogen and oxygen atoms in total. The van der Waals surface area contributed by atoms with Crippen LogP contribution in [-0.4, -0.2) is 14.9 Å². The Hall–Kier alpha value is -1.91. The molecule has 1 aliphatic carbocycles. The number of hydrogen-bond acceptors (Lipinski definition) is 3. The summed E-state index contributed by atoms with van der Waals surface area (Å²) in [7, 11) is 0. The quantitative estimate of drug-likeness (QED) is 0.612. The van der Waals surface area contributed by atoms with E-state index in [9.17, 15) is 10.1 Å². The fourth-order valence-electron chi connectivity index (χ4n) is 2.07. The number of rotatable bonds is 2. The Kier molecular flexibility index (Phi) is 2.38. The van der Waals surface area contributed by atoms with Crippen LogP contribution in [0.2, 0.25) is 0 Å². The number of nitro groups is 1. The second-order valence-corrected chi connectivity index (χ2v) is 4.30. The summed E-state index contributed by atoms with van der Waals surface area (Å²) in [6, 6.07) is 0. The molecule has 0 aromatic carbocycles. The summed E-state index contributed by atoms with van der Waals surface area (Å²) >= 11 is 0. The number of nitrogens with zero attached hydrogens (tertiary/aromatic N) is 2. The van der Waals surface area contributed by atoms with Gasteiger partial charge in [-0.05, 0) is 13.3 Å². The molecule has 1 atom stereocenters. The van der Waals surface area contributed by atoms with Gasteiger partial charge in [-0.3, -0.25) is 10.1 Å². The lowest BCUT2D eigenvalue weighted by Crippen LogP contribution is -2.24. The van der Waals surface area contributed by atoms with E-state index in [1.807, 2.05) is 19.2 Å². The molecule has 0 aliphatic heterocycles. The number of allylic oxidation sites excluding steroid dienone is 3. The second kappa shape index (κ2) is 3.59. The van der Waals surface area contributed by atoms with E-state index in [-0.39, 0.29) is 16.0 Å². The number of aromatic nitrogens is 2. The summed E-state index contributed by atoms with van der Waals surface area (Å²) in [4.78, 5) is 17.5. The van der Waals surface area contributed by atoms with Crippen molar-refractivity contribution >= 4 is 0 Å². The van der Waals surface area contributed by atoms with Crippen molar-refractivity contribution in [2.75, 3.05) is 0 Å². The predicted molar refractivity (Wildman–Crippen MR) is 59.4 cm³/mol. The van der Waals surface area contributed by atoms with Crippen LogP contribution in [-0.2, 0) is 5.41 Å². The summed E-state index contributed by atoms with van der Waals surface area (Å²) in [5, 5.41) is 10.7. The molecule has 1 unspecified atom stereocenters. The monoisotopic (exact) mass is 219 g/mol. The van der Waals surface area contributed by atoms with E-state index in [1.165, 1.54) is 0 Å². The van der Waals surface area contributed by atoms with E-state index >= 15 is 0 Å². The van der Waals surface area contributed by atoms with Crippen LogP contribution < -0.4 is 0 Å². The smallest absolute Gasteiger partial charge is 0.268 e. The average molecular weight is 219 g/mol. The van der Waals surface area contributed by atoms with Gasteiger partial charge >= 0.3 is 0 Å². The molecular weight excluding hydrogens is 206 g/mol. The second-order valence-electron chi connectivity index (χ2n) is 4.30. The maximum atomic E-state index is 10.7. The Bertz CT molecular complexity index is 473. The van der Waals surface area contributed by atoms with Gasteiger partial charge in [0, 0.05) is 23.3 Å². The van der Waals surface area contributed by atoms with Crippen molar-refractivity contribution in [3.63, 3.8) is 0 Å². The molecule has 1 N–H and O–H groups in total. The van der Waals surface area contributed by atoms with Crippen molar-refractivity contribution in [1.29, 1.82) is 0 Å². The molecule has 0 saturated carbocycles. The van der Waals surface area contributed by atoms with Crippen LogP contribution in [0.5, 0.6) is 0 Å². The minimum absolute atomic E-state index is 0.202. The molecule has 1 aromatic rings. The molecule has 5 heteroatoms. The molecule has 0 fully saturated rings. The third-order valence-corrected chi connectivity index (χ3v) is 2.96. The van der Waals surface area contributed by atoms with Crippen LogP contribution in [0.1, 0.15) is 26.0 Å². The van der Waals surface area contributed by atoms with E-state index in [0.717, 1.165) is 11.3 Å². The summed E-state index contributed by atoms with van der Waals surface area (Å²) in [5.74, 6) is 0. The van der Waals surface area contributed by atoms with Crippen LogP contribution >= 0.6 is 0 Å². The lowest BCUT2D eigenvalue weighted by atomic mass is 9.77. The lowest BCUT2D eigenvalue weighted by molar-refractivity contribution is -0.420. The number of hydrogen-bond donors (Lipinski definition) is 1. The van der Waals surface area contributed by atoms with Crippen molar-refractivity contribution in [2.24, 2.45) is 0 Å². The molecule has 2 rings (SSSR count). The summed E-state index contributed by atoms with van der Waals surface area (Å²) in [5.41, 5.74) is 1.65. The largest absolute Gasteiger partial charge is 0.351 e. The van der Waals surface area contributed by atoms with Gasteiger partial charge < -0.3 is 4.98 Å². The third-order valence-electron chi connectivity index (χ3n) is 2.96. The maximum absolute atomic E-state index is 10.7. The van der Waals surface area contributed by atoms with Crippen LogP contribution in [0, 0.1) is 10.1 Å². The zero-order chi connectivity index (χ0) is 11.8. The highest BCUT2D eigenvalue weighted by Gasteiger charge is 2.32. The van der Waals surface area contributed by atoms with Gasteiger partial charge in [0.15, 0.2) is 0 Å². The summed E-state index contributed by atoms with van der Waals surface area (Å²) in [6.45, 7) is 3.83. The molecule has 0 radical (unpaired) electrons. The number of aromatic amines is 1. The van der Waals surface area contributed by atoms with Crippen molar-refractivity contribution in [2.45, 2.75) is 25.7 Å². The highest BCUT2D eigenvalue weighted by molar-refractivity contribution is 5.34. The van der Waals surface area contributed by atoms with E-state index in [1.54, 1.807) is 19.3 Å². The minimum Gasteiger partial charge on any atom is -0.351 e. The third kappa shape index (κ3) is 1.64. The Morgan fingerprint density at radius 3 is 2.88 bits per heavy atom. The van der Waals surface area contributed by atoms with Crippen LogP contribution in [0.25, 0.3) is 0 Å². The maximum Gasteiger partial charge on any atom is 0.268 e. The van der Waals surface area contributed by atoms with Gasteiger partial charge in [0.2, 0.25) is 0 Å². The molecule has 0 saturated heterocycles. The summed E-state index contributed by atoms with van der Waals surface area (Å²) in [6.07, 6.45) is 7.51. The van der Waals surface area contributed by atoms with Gasteiger partial charge in [-0.1, -0.05) is 13.0 Å². The molecular formula is C11H13N3O2. The number of imidazole rings is 1. The van der Waals surface area contributed by atoms with Gasteiger partial charge in [0.1, 0.15) is 0 Å². The highest BCUT2D eigenvalue weighted by atomic mass is 16.6. The molecule has 0 bridgehead atoms.